The average molecular weight is 355 g/mol. The van der Waals surface area contributed by atoms with Crippen molar-refractivity contribution in [3.63, 3.8) is 0 Å². The summed E-state index contributed by atoms with van der Waals surface area (Å²) >= 11 is 0. The van der Waals surface area contributed by atoms with E-state index in [2.05, 4.69) is 11.9 Å². The highest BCUT2D eigenvalue weighted by molar-refractivity contribution is 5.77. The zero-order valence-electron chi connectivity index (χ0n) is 15.7. The molecule has 4 rings (SSSR count). The van der Waals surface area contributed by atoms with Gasteiger partial charge in [-0.1, -0.05) is 38.3 Å². The van der Waals surface area contributed by atoms with Gasteiger partial charge in [0.05, 0.1) is 11.0 Å². The maximum absolute atomic E-state index is 12.8. The van der Waals surface area contributed by atoms with Crippen LogP contribution in [-0.2, 0) is 4.79 Å². The molecule has 1 aromatic carbocycles. The van der Waals surface area contributed by atoms with E-state index in [0.717, 1.165) is 37.0 Å². The lowest BCUT2D eigenvalue weighted by atomic mass is 9.73. The van der Waals surface area contributed by atoms with Gasteiger partial charge in [0.2, 0.25) is 5.91 Å². The number of likely N-dealkylation sites (tertiary alicyclic amines) is 1. The van der Waals surface area contributed by atoms with Crippen molar-refractivity contribution in [1.29, 1.82) is 0 Å². The summed E-state index contributed by atoms with van der Waals surface area (Å²) in [5.41, 5.74) is 2.02. The van der Waals surface area contributed by atoms with Crippen LogP contribution in [0, 0.1) is 5.41 Å². The Bertz CT molecular complexity index is 836. The van der Waals surface area contributed by atoms with Gasteiger partial charge in [-0.05, 0) is 43.2 Å². The number of carbonyl (C=O) groups excluding carboxylic acids is 1. The molecule has 1 saturated carbocycles. The van der Waals surface area contributed by atoms with E-state index in [4.69, 9.17) is 0 Å². The number of carbonyl (C=O) groups is 1. The number of aromatic nitrogens is 2. The van der Waals surface area contributed by atoms with Crippen molar-refractivity contribution in [3.05, 3.63) is 34.7 Å². The Labute approximate surface area is 154 Å². The van der Waals surface area contributed by atoms with Crippen LogP contribution in [0.25, 0.3) is 11.0 Å². The van der Waals surface area contributed by atoms with Crippen molar-refractivity contribution in [2.75, 3.05) is 13.1 Å². The number of amides is 1. The molecule has 1 aliphatic heterocycles. The van der Waals surface area contributed by atoms with E-state index < -0.39 is 0 Å². The molecule has 1 saturated heterocycles. The Hall–Kier alpha value is -2.04. The van der Waals surface area contributed by atoms with E-state index in [1.54, 1.807) is 0 Å². The summed E-state index contributed by atoms with van der Waals surface area (Å²) < 4.78 is 1.89. The van der Waals surface area contributed by atoms with Crippen LogP contribution < -0.4 is 5.69 Å². The van der Waals surface area contributed by atoms with Crippen LogP contribution in [0.1, 0.15) is 64.3 Å². The van der Waals surface area contributed by atoms with Gasteiger partial charge in [-0.25, -0.2) is 4.79 Å². The van der Waals surface area contributed by atoms with Crippen molar-refractivity contribution in [2.24, 2.45) is 5.41 Å². The molecule has 140 valence electrons. The normalized spacial score (nSPS) is 21.2. The fraction of sp³-hybridized carbons (Fsp3) is 0.619. The maximum atomic E-state index is 12.8. The number of rotatable bonds is 3. The lowest BCUT2D eigenvalue weighted by molar-refractivity contribution is -0.135. The van der Waals surface area contributed by atoms with E-state index in [9.17, 15) is 9.59 Å². The van der Waals surface area contributed by atoms with E-state index in [1.165, 1.54) is 32.1 Å². The van der Waals surface area contributed by atoms with Crippen molar-refractivity contribution < 1.29 is 4.79 Å². The summed E-state index contributed by atoms with van der Waals surface area (Å²) in [4.78, 5) is 30.1. The first-order valence-electron chi connectivity index (χ1n) is 10.0. The second kappa shape index (κ2) is 6.93. The van der Waals surface area contributed by atoms with Crippen LogP contribution in [0.2, 0.25) is 0 Å². The fourth-order valence-electron chi connectivity index (χ4n) is 4.87. The second-order valence-electron chi connectivity index (χ2n) is 8.48. The largest absolute Gasteiger partial charge is 0.343 e. The number of nitrogens with zero attached hydrogens (tertiary/aromatic N) is 2. The van der Waals surface area contributed by atoms with E-state index >= 15 is 0 Å². The highest BCUT2D eigenvalue weighted by Gasteiger charge is 2.33. The monoisotopic (exact) mass is 355 g/mol. The van der Waals surface area contributed by atoms with Crippen molar-refractivity contribution in [1.82, 2.24) is 14.5 Å². The first-order valence-corrected chi connectivity index (χ1v) is 10.0. The number of benzene rings is 1. The molecule has 1 aromatic heterocycles. The molecular weight excluding hydrogens is 326 g/mol. The van der Waals surface area contributed by atoms with Gasteiger partial charge < -0.3 is 9.88 Å². The number of fused-ring (bicyclic) bond motifs is 1. The van der Waals surface area contributed by atoms with E-state index in [1.807, 2.05) is 33.7 Å². The Morgan fingerprint density at radius 2 is 1.85 bits per heavy atom. The minimum absolute atomic E-state index is 0.0364. The van der Waals surface area contributed by atoms with Crippen LogP contribution >= 0.6 is 0 Å². The van der Waals surface area contributed by atoms with Gasteiger partial charge in [0.1, 0.15) is 0 Å². The SMILES string of the molecule is CC1(CC(=O)N2CCC(n3c(=O)[nH]c4ccccc43)CC2)CCCCC1. The summed E-state index contributed by atoms with van der Waals surface area (Å²) in [6.45, 7) is 3.79. The second-order valence-corrected chi connectivity index (χ2v) is 8.48. The molecule has 1 aliphatic carbocycles. The highest BCUT2D eigenvalue weighted by atomic mass is 16.2. The quantitative estimate of drug-likeness (QED) is 0.909. The van der Waals surface area contributed by atoms with Crippen LogP contribution in [-0.4, -0.2) is 33.4 Å². The summed E-state index contributed by atoms with van der Waals surface area (Å²) in [5, 5.41) is 0. The molecule has 0 spiro atoms. The van der Waals surface area contributed by atoms with Gasteiger partial charge >= 0.3 is 5.69 Å². The smallest absolute Gasteiger partial charge is 0.326 e. The number of para-hydroxylation sites is 2. The van der Waals surface area contributed by atoms with Crippen LogP contribution in [0.15, 0.2) is 29.1 Å². The Morgan fingerprint density at radius 1 is 1.15 bits per heavy atom. The molecule has 26 heavy (non-hydrogen) atoms. The molecule has 1 amide bonds. The topological polar surface area (TPSA) is 58.1 Å². The molecule has 0 unspecified atom stereocenters. The van der Waals surface area contributed by atoms with Crippen LogP contribution in [0.5, 0.6) is 0 Å². The predicted molar refractivity (Wildman–Crippen MR) is 103 cm³/mol. The Kier molecular flexibility index (Phi) is 4.63. The molecule has 1 N–H and O–H groups in total. The highest BCUT2D eigenvalue weighted by Crippen LogP contribution is 2.39. The molecule has 0 radical (unpaired) electrons. The predicted octanol–water partition coefficient (Wildman–Crippen LogP) is 3.85. The number of piperidine rings is 1. The standard InChI is InChI=1S/C21H29N3O2/c1-21(11-5-2-6-12-21)15-19(25)23-13-9-16(10-14-23)24-18-8-4-3-7-17(18)22-20(24)26/h3-4,7-8,16H,2,5-6,9-15H2,1H3,(H,22,26). The summed E-state index contributed by atoms with van der Waals surface area (Å²) in [7, 11) is 0. The molecular formula is C21H29N3O2. The lowest BCUT2D eigenvalue weighted by Crippen LogP contribution is -2.42. The minimum atomic E-state index is -0.0364. The third-order valence-electron chi connectivity index (χ3n) is 6.44. The molecule has 2 aromatic rings. The van der Waals surface area contributed by atoms with Gasteiger partial charge in [0.15, 0.2) is 0 Å². The van der Waals surface area contributed by atoms with Crippen molar-refractivity contribution in [3.8, 4) is 0 Å². The van der Waals surface area contributed by atoms with Gasteiger partial charge in [-0.2, -0.15) is 0 Å². The third-order valence-corrected chi connectivity index (χ3v) is 6.44. The minimum Gasteiger partial charge on any atom is -0.343 e. The van der Waals surface area contributed by atoms with Gasteiger partial charge in [-0.3, -0.25) is 9.36 Å². The van der Waals surface area contributed by atoms with Crippen LogP contribution in [0.3, 0.4) is 0 Å². The molecule has 2 aliphatic rings. The lowest BCUT2D eigenvalue weighted by Gasteiger charge is -2.37. The third kappa shape index (κ3) is 3.31. The van der Waals surface area contributed by atoms with Gasteiger partial charge in [0.25, 0.3) is 0 Å². The number of hydrogen-bond donors (Lipinski definition) is 1. The molecule has 5 nitrogen and oxygen atoms in total. The summed E-state index contributed by atoms with van der Waals surface area (Å²) in [5.74, 6) is 0.305. The number of nitrogens with one attached hydrogen (secondary N) is 1. The summed E-state index contributed by atoms with van der Waals surface area (Å²) in [6.07, 6.45) is 8.58. The zero-order valence-corrected chi connectivity index (χ0v) is 15.7. The molecule has 5 heteroatoms. The fourth-order valence-corrected chi connectivity index (χ4v) is 4.87. The first kappa shape index (κ1) is 17.4. The Balaban J connectivity index is 1.41. The molecule has 0 atom stereocenters. The maximum Gasteiger partial charge on any atom is 0.326 e. The van der Waals surface area contributed by atoms with Crippen molar-refractivity contribution in [2.45, 2.75) is 64.3 Å². The number of hydrogen-bond acceptors (Lipinski definition) is 2. The summed E-state index contributed by atoms with van der Waals surface area (Å²) in [6, 6.07) is 8.02. The number of imidazole rings is 1. The first-order chi connectivity index (χ1) is 12.6. The molecule has 0 bridgehead atoms. The van der Waals surface area contributed by atoms with E-state index in [-0.39, 0.29) is 17.1 Å². The van der Waals surface area contributed by atoms with E-state index in [0.29, 0.717) is 12.3 Å². The van der Waals surface area contributed by atoms with Crippen LogP contribution in [0.4, 0.5) is 0 Å². The van der Waals surface area contributed by atoms with Crippen molar-refractivity contribution >= 4 is 16.9 Å². The average Bonchev–Trinajstić information content (AvgIpc) is 2.98. The Morgan fingerprint density at radius 3 is 2.58 bits per heavy atom. The zero-order chi connectivity index (χ0) is 18.1. The molecule has 2 heterocycles. The molecule has 2 fully saturated rings. The number of aromatic amines is 1. The van der Waals surface area contributed by atoms with Gasteiger partial charge in [-0.15, -0.1) is 0 Å². The number of H-pyrrole nitrogens is 1. The van der Waals surface area contributed by atoms with Gasteiger partial charge in [0, 0.05) is 25.6 Å².